The number of hydrogen-bond acceptors (Lipinski definition) is 4. The van der Waals surface area contributed by atoms with E-state index in [0.29, 0.717) is 19.5 Å². The fourth-order valence-corrected chi connectivity index (χ4v) is 2.28. The van der Waals surface area contributed by atoms with Gasteiger partial charge in [0.05, 0.1) is 13.2 Å². The zero-order valence-corrected chi connectivity index (χ0v) is 15.4. The highest BCUT2D eigenvalue weighted by molar-refractivity contribution is 5.85. The predicted octanol–water partition coefficient (Wildman–Crippen LogP) is 2.56. The average Bonchev–Trinajstić information content (AvgIpc) is 2.56. The topological polar surface area (TPSA) is 67.5 Å². The van der Waals surface area contributed by atoms with Crippen molar-refractivity contribution in [2.24, 2.45) is 5.73 Å². The number of methoxy groups -OCH3 is 1. The summed E-state index contributed by atoms with van der Waals surface area (Å²) in [6.07, 6.45) is 0.102. The number of hydrogen-bond donors (Lipinski definition) is 3. The van der Waals surface area contributed by atoms with Crippen molar-refractivity contribution in [3.63, 3.8) is 0 Å². The molecule has 2 aromatic carbocycles. The van der Waals surface area contributed by atoms with E-state index < -0.39 is 6.10 Å². The summed E-state index contributed by atoms with van der Waals surface area (Å²) in [6.45, 7) is 1.17. The Labute approximate surface area is 156 Å². The first-order chi connectivity index (χ1) is 10.7. The molecule has 2 aromatic rings. The lowest BCUT2D eigenvalue weighted by Crippen LogP contribution is -2.42. The van der Waals surface area contributed by atoms with Crippen LogP contribution >= 0.6 is 24.8 Å². The fraction of sp³-hybridized carbons (Fsp3) is 0.333. The molecular formula is C18H26Cl2N2O2. The van der Waals surface area contributed by atoms with Crippen molar-refractivity contribution >= 4 is 24.8 Å². The van der Waals surface area contributed by atoms with E-state index in [0.717, 1.165) is 16.9 Å². The average molecular weight is 373 g/mol. The molecule has 6 heteroatoms. The van der Waals surface area contributed by atoms with E-state index in [-0.39, 0.29) is 30.9 Å². The van der Waals surface area contributed by atoms with Gasteiger partial charge in [0.15, 0.2) is 0 Å². The van der Waals surface area contributed by atoms with Gasteiger partial charge in [0.1, 0.15) is 5.75 Å². The molecule has 0 aliphatic heterocycles. The Kier molecular flexibility index (Phi) is 11.5. The summed E-state index contributed by atoms with van der Waals surface area (Å²) in [5, 5.41) is 13.4. The number of rotatable bonds is 8. The monoisotopic (exact) mass is 372 g/mol. The van der Waals surface area contributed by atoms with Gasteiger partial charge in [-0.25, -0.2) is 0 Å². The lowest BCUT2D eigenvalue weighted by molar-refractivity contribution is 0.141. The molecule has 0 heterocycles. The molecule has 134 valence electrons. The van der Waals surface area contributed by atoms with Crippen LogP contribution in [0.3, 0.4) is 0 Å². The minimum Gasteiger partial charge on any atom is -0.497 e. The third-order valence-corrected chi connectivity index (χ3v) is 3.65. The van der Waals surface area contributed by atoms with E-state index in [1.165, 1.54) is 0 Å². The molecule has 0 aliphatic rings. The molecule has 0 saturated heterocycles. The minimum atomic E-state index is -0.571. The normalized spacial score (nSPS) is 12.5. The van der Waals surface area contributed by atoms with Crippen LogP contribution in [0.15, 0.2) is 54.6 Å². The predicted molar refractivity (Wildman–Crippen MR) is 103 cm³/mol. The molecule has 0 unspecified atom stereocenters. The molecule has 0 saturated carbocycles. The number of nitrogens with one attached hydrogen (secondary N) is 1. The maximum Gasteiger partial charge on any atom is 0.118 e. The summed E-state index contributed by atoms with van der Waals surface area (Å²) < 4.78 is 5.12. The van der Waals surface area contributed by atoms with Crippen molar-refractivity contribution in [3.8, 4) is 5.75 Å². The fourth-order valence-electron chi connectivity index (χ4n) is 2.28. The maximum atomic E-state index is 10.1. The highest BCUT2D eigenvalue weighted by atomic mass is 35.5. The first-order valence-corrected chi connectivity index (χ1v) is 7.50. The summed E-state index contributed by atoms with van der Waals surface area (Å²) >= 11 is 0. The van der Waals surface area contributed by atoms with Gasteiger partial charge in [-0.15, -0.1) is 24.8 Å². The van der Waals surface area contributed by atoms with Gasteiger partial charge in [0.2, 0.25) is 0 Å². The maximum absolute atomic E-state index is 10.1. The summed E-state index contributed by atoms with van der Waals surface area (Å²) in [5.41, 5.74) is 8.35. The highest BCUT2D eigenvalue weighted by Crippen LogP contribution is 2.11. The van der Waals surface area contributed by atoms with E-state index in [1.807, 2.05) is 54.6 Å². The third kappa shape index (κ3) is 7.51. The first kappa shape index (κ1) is 22.7. The summed E-state index contributed by atoms with van der Waals surface area (Å²) in [4.78, 5) is 0. The zero-order valence-electron chi connectivity index (χ0n) is 13.7. The van der Waals surface area contributed by atoms with Gasteiger partial charge in [-0.3, -0.25) is 0 Å². The molecule has 4 N–H and O–H groups in total. The number of benzene rings is 2. The molecule has 4 nitrogen and oxygen atoms in total. The molecular weight excluding hydrogens is 347 g/mol. The van der Waals surface area contributed by atoms with Crippen LogP contribution < -0.4 is 15.8 Å². The van der Waals surface area contributed by atoms with Gasteiger partial charge >= 0.3 is 0 Å². The van der Waals surface area contributed by atoms with Crippen molar-refractivity contribution < 1.29 is 9.84 Å². The minimum absolute atomic E-state index is 0. The largest absolute Gasteiger partial charge is 0.497 e. The molecule has 0 fully saturated rings. The van der Waals surface area contributed by atoms with Crippen molar-refractivity contribution in [1.82, 2.24) is 5.32 Å². The Bertz CT molecular complexity index is 553. The Hall–Kier alpha value is -1.30. The van der Waals surface area contributed by atoms with Crippen LogP contribution in [0.5, 0.6) is 5.75 Å². The van der Waals surface area contributed by atoms with Crippen LogP contribution in [-0.2, 0) is 13.0 Å². The number of aliphatic hydroxyl groups is 1. The molecule has 0 spiro atoms. The summed E-state index contributed by atoms with van der Waals surface area (Å²) in [6, 6.07) is 17.6. The van der Waals surface area contributed by atoms with Crippen LogP contribution in [0, 0.1) is 0 Å². The third-order valence-electron chi connectivity index (χ3n) is 3.65. The number of aliphatic hydroxyl groups excluding tert-OH is 1. The van der Waals surface area contributed by atoms with Crippen LogP contribution in [-0.4, -0.2) is 30.9 Å². The van der Waals surface area contributed by atoms with Gasteiger partial charge < -0.3 is 20.9 Å². The van der Waals surface area contributed by atoms with E-state index in [2.05, 4.69) is 5.32 Å². The second-order valence-corrected chi connectivity index (χ2v) is 5.40. The van der Waals surface area contributed by atoms with E-state index >= 15 is 0 Å². The zero-order chi connectivity index (χ0) is 15.8. The van der Waals surface area contributed by atoms with Crippen LogP contribution in [0.25, 0.3) is 0 Å². The van der Waals surface area contributed by atoms with E-state index in [4.69, 9.17) is 10.5 Å². The smallest absolute Gasteiger partial charge is 0.118 e. The lowest BCUT2D eigenvalue weighted by Gasteiger charge is -2.19. The summed E-state index contributed by atoms with van der Waals surface area (Å²) in [7, 11) is 1.65. The van der Waals surface area contributed by atoms with Crippen molar-refractivity contribution in [3.05, 3.63) is 65.7 Å². The number of ether oxygens (including phenoxy) is 1. The molecule has 24 heavy (non-hydrogen) atoms. The molecule has 0 radical (unpaired) electrons. The van der Waals surface area contributed by atoms with Crippen molar-refractivity contribution in [2.75, 3.05) is 13.7 Å². The molecule has 0 aliphatic carbocycles. The van der Waals surface area contributed by atoms with Crippen LogP contribution in [0.1, 0.15) is 11.1 Å². The second-order valence-electron chi connectivity index (χ2n) is 5.40. The molecule has 2 rings (SSSR count). The van der Waals surface area contributed by atoms with Gasteiger partial charge in [0.25, 0.3) is 0 Å². The van der Waals surface area contributed by atoms with Gasteiger partial charge in [-0.1, -0.05) is 42.5 Å². The Morgan fingerprint density at radius 1 is 1.00 bits per heavy atom. The Morgan fingerprint density at radius 2 is 1.62 bits per heavy atom. The van der Waals surface area contributed by atoms with Crippen molar-refractivity contribution in [1.29, 1.82) is 0 Å². The van der Waals surface area contributed by atoms with Crippen molar-refractivity contribution in [2.45, 2.75) is 25.1 Å². The quantitative estimate of drug-likeness (QED) is 0.665. The van der Waals surface area contributed by atoms with Crippen LogP contribution in [0.2, 0.25) is 0 Å². The van der Waals surface area contributed by atoms with Gasteiger partial charge in [-0.05, 0) is 29.7 Å². The highest BCUT2D eigenvalue weighted by Gasteiger charge is 2.14. The van der Waals surface area contributed by atoms with E-state index in [9.17, 15) is 5.11 Å². The number of nitrogens with two attached hydrogens (primary N) is 1. The molecule has 2 atom stereocenters. The molecule has 0 aromatic heterocycles. The van der Waals surface area contributed by atoms with Gasteiger partial charge in [-0.2, -0.15) is 0 Å². The van der Waals surface area contributed by atoms with E-state index in [1.54, 1.807) is 7.11 Å². The summed E-state index contributed by atoms with van der Waals surface area (Å²) in [5.74, 6) is 0.841. The SMILES string of the molecule is COc1ccc(CNC[C@@H](O)[C@@H](N)Cc2ccccc2)cc1.Cl.Cl. The Morgan fingerprint density at radius 3 is 2.21 bits per heavy atom. The second kappa shape index (κ2) is 12.1. The first-order valence-electron chi connectivity index (χ1n) is 7.50. The standard InChI is InChI=1S/C18H24N2O2.2ClH/c1-22-16-9-7-15(8-10-16)12-20-13-18(21)17(19)11-14-5-3-2-4-6-14;;/h2-10,17-18,20-21H,11-13,19H2,1H3;2*1H/t17-,18+;;/m0../s1. The van der Waals surface area contributed by atoms with Gasteiger partial charge in [0, 0.05) is 19.1 Å². The number of halogens is 2. The lowest BCUT2D eigenvalue weighted by atomic mass is 10.0. The molecule has 0 amide bonds. The Balaban J connectivity index is 0.00000264. The van der Waals surface area contributed by atoms with Crippen LogP contribution in [0.4, 0.5) is 0 Å². The molecule has 0 bridgehead atoms.